The molecule has 20 rings (SSSR count). The van der Waals surface area contributed by atoms with Crippen LogP contribution in [0.25, 0.3) is 112 Å². The first-order chi connectivity index (χ1) is 70.3. The van der Waals surface area contributed by atoms with Crippen LogP contribution in [0, 0.1) is 87.7 Å². The highest BCUT2D eigenvalue weighted by atomic mass is 19.4. The van der Waals surface area contributed by atoms with E-state index in [9.17, 15) is 89.4 Å². The average Bonchev–Trinajstić information content (AvgIpc) is 1.64. The van der Waals surface area contributed by atoms with Crippen LogP contribution in [0.2, 0.25) is 0 Å². The maximum absolute atomic E-state index is 14.5. The summed E-state index contributed by atoms with van der Waals surface area (Å²) >= 11 is 0. The van der Waals surface area contributed by atoms with Crippen LogP contribution in [0.3, 0.4) is 0 Å². The summed E-state index contributed by atoms with van der Waals surface area (Å²) in [6.07, 6.45) is 9.45. The molecular weight excluding hydrogens is 1930 g/mol. The molecule has 0 atom stereocenters. The number of hydrogen-bond donors (Lipinski definition) is 4. The van der Waals surface area contributed by atoms with Crippen LogP contribution in [-0.2, 0) is 12.4 Å². The molecule has 21 nitrogen and oxygen atoms in total. The number of anilines is 4. The Morgan fingerprint density at radius 2 is 0.605 bits per heavy atom. The summed E-state index contributed by atoms with van der Waals surface area (Å²) in [4.78, 5) is 85.9. The van der Waals surface area contributed by atoms with Gasteiger partial charge < -0.3 is 26.0 Å². The number of terminal acetylenes is 1. The Balaban J connectivity index is 0.000000134. The molecule has 0 aliphatic carbocycles. The number of benzene rings is 8. The van der Waals surface area contributed by atoms with Gasteiger partial charge in [-0.3, -0.25) is 56.7 Å². The Bertz CT molecular complexity index is 8570. The number of ether oxygens (including phenoxy) is 1. The third kappa shape index (κ3) is 21.6. The molecule has 8 aromatic carbocycles. The van der Waals surface area contributed by atoms with E-state index in [0.717, 1.165) is 88.2 Å². The van der Waals surface area contributed by atoms with Crippen LogP contribution in [0.5, 0.6) is 5.75 Å². The first-order valence-electron chi connectivity index (χ1n) is 44.2. The smallest absolute Gasteiger partial charge is 0.406 e. The highest BCUT2D eigenvalue weighted by Gasteiger charge is 2.39. The van der Waals surface area contributed by atoms with Gasteiger partial charge in [-0.25, -0.2) is 50.7 Å². The molecule has 20 aromatic rings. The highest BCUT2D eigenvalue weighted by Crippen LogP contribution is 2.41. The van der Waals surface area contributed by atoms with Crippen LogP contribution >= 0.6 is 0 Å². The Morgan fingerprint density at radius 1 is 0.306 bits per heavy atom. The summed E-state index contributed by atoms with van der Waals surface area (Å²) in [7, 11) is 0. The third-order valence-corrected chi connectivity index (χ3v) is 23.3. The Labute approximate surface area is 823 Å². The van der Waals surface area contributed by atoms with Gasteiger partial charge in [0, 0.05) is 122 Å². The number of aryl methyl sites for hydroxylation is 5. The number of fused-ring (bicyclic) bond motifs is 4. The van der Waals surface area contributed by atoms with Gasteiger partial charge in [-0.15, -0.1) is 19.6 Å². The molecule has 4 amide bonds. The normalized spacial score (nSPS) is 11.4. The van der Waals surface area contributed by atoms with Gasteiger partial charge in [0.2, 0.25) is 0 Å². The summed E-state index contributed by atoms with van der Waals surface area (Å²) in [5.41, 5.74) is 9.28. The Hall–Kier alpha value is -18.8. The molecule has 0 fully saturated rings. The minimum absolute atomic E-state index is 0.00380. The van der Waals surface area contributed by atoms with Crippen molar-refractivity contribution < 1.29 is 94.2 Å². The number of alkyl halides is 9. The lowest BCUT2D eigenvalue weighted by atomic mass is 10.0. The van der Waals surface area contributed by atoms with Gasteiger partial charge >= 0.3 is 18.7 Å². The molecule has 734 valence electrons. The summed E-state index contributed by atoms with van der Waals surface area (Å²) in [5, 5.41) is 10.5. The van der Waals surface area contributed by atoms with Gasteiger partial charge in [-0.2, -0.15) is 26.3 Å². The fourth-order valence-electron chi connectivity index (χ4n) is 16.1. The van der Waals surface area contributed by atoms with Gasteiger partial charge in [0.15, 0.2) is 40.6 Å². The fraction of sp³-hybridized carbons (Fsp3) is 0.0727. The molecule has 12 heterocycles. The predicted molar refractivity (Wildman–Crippen MR) is 521 cm³/mol. The second-order valence-electron chi connectivity index (χ2n) is 33.0. The van der Waals surface area contributed by atoms with Gasteiger partial charge in [-0.1, -0.05) is 95.9 Å². The number of nitrogens with one attached hydrogen (secondary N) is 4. The topological polar surface area (TPSA) is 246 Å². The van der Waals surface area contributed by atoms with Gasteiger partial charge in [0.1, 0.15) is 34.9 Å². The second kappa shape index (κ2) is 41.4. The lowest BCUT2D eigenvalue weighted by Crippen LogP contribution is -2.20. The van der Waals surface area contributed by atoms with Crippen molar-refractivity contribution in [3.8, 4) is 108 Å². The molecule has 0 aliphatic heterocycles. The van der Waals surface area contributed by atoms with E-state index in [0.29, 0.717) is 84.1 Å². The first-order valence-corrected chi connectivity index (χ1v) is 44.2. The van der Waals surface area contributed by atoms with Crippen LogP contribution in [-0.4, -0.2) is 87.5 Å². The number of halogens is 16. The lowest BCUT2D eigenvalue weighted by Gasteiger charge is -2.14. The number of pyridine rings is 8. The minimum Gasteiger partial charge on any atom is -0.406 e. The SMILES string of the molecule is C#Cc1ccc(NC(=O)c2cc(-c3cccn4c(-c5cccc(F)c5F)ncc34)cnc2C)cc1C(F)(F)F.Cc1ccc(NC(=O)c2cc(-c3cccn4c(-c5cccc(F)c5F)ncc34)cnc2C(F)(F)F)cc1.Cc1ccc(NC(=O)c2cc(-c3cccn4c(-c5ccccc5F)ncc34)cnc2C)cc1.Cc1ncc(-c2cccn3c(-c4cccc(F)c4F)ncc23)cc1C(=O)Nc1ccc(OC(F)(F)F)cc1. The van der Waals surface area contributed by atoms with Crippen molar-refractivity contribution in [2.75, 3.05) is 21.3 Å². The predicted octanol–water partition coefficient (Wildman–Crippen LogP) is 26.7. The Kier molecular flexibility index (Phi) is 28.1. The summed E-state index contributed by atoms with van der Waals surface area (Å²) < 4.78 is 228. The average molecular weight is 2000 g/mol. The largest absolute Gasteiger partial charge is 0.573 e. The molecule has 4 N–H and O–H groups in total. The van der Waals surface area contributed by atoms with Gasteiger partial charge in [0.05, 0.1) is 114 Å². The number of imidazole rings is 4. The zero-order chi connectivity index (χ0) is 104. The van der Waals surface area contributed by atoms with Crippen LogP contribution < -0.4 is 26.0 Å². The fourth-order valence-corrected chi connectivity index (χ4v) is 16.1. The molecule has 0 unspecified atom stereocenters. The van der Waals surface area contributed by atoms with Crippen molar-refractivity contribution in [2.45, 2.75) is 53.3 Å². The van der Waals surface area contributed by atoms with E-state index in [-0.39, 0.29) is 79.5 Å². The number of nitrogens with zero attached hydrogens (tertiary/aromatic N) is 12. The maximum atomic E-state index is 14.5. The number of hydrogen-bond acceptors (Lipinski definition) is 13. The van der Waals surface area contributed by atoms with Crippen molar-refractivity contribution in [2.24, 2.45) is 0 Å². The van der Waals surface area contributed by atoms with E-state index in [1.807, 2.05) is 79.8 Å². The second-order valence-corrected chi connectivity index (χ2v) is 33.0. The van der Waals surface area contributed by atoms with Crippen molar-refractivity contribution >= 4 is 68.4 Å². The molecule has 0 radical (unpaired) electrons. The van der Waals surface area contributed by atoms with Crippen molar-refractivity contribution in [1.82, 2.24) is 57.5 Å². The van der Waals surface area contributed by atoms with E-state index in [2.05, 4.69) is 65.9 Å². The van der Waals surface area contributed by atoms with Crippen LogP contribution in [0.4, 0.5) is 93.0 Å². The van der Waals surface area contributed by atoms with E-state index < -0.39 is 93.9 Å². The first kappa shape index (κ1) is 99.8. The summed E-state index contributed by atoms with van der Waals surface area (Å²) in [6, 6.07) is 60.0. The number of rotatable bonds is 17. The molecule has 0 spiro atoms. The molecule has 0 aliphatic rings. The number of amides is 4. The number of carbonyl (C=O) groups excluding carboxylic acids is 4. The van der Waals surface area contributed by atoms with Crippen molar-refractivity contribution in [1.29, 1.82) is 0 Å². The van der Waals surface area contributed by atoms with E-state index in [1.165, 1.54) is 89.9 Å². The molecular formula is C110H72F16N16O5. The van der Waals surface area contributed by atoms with Gasteiger partial charge in [0.25, 0.3) is 23.6 Å². The van der Waals surface area contributed by atoms with Crippen molar-refractivity contribution in [3.05, 3.63) is 425 Å². The molecule has 0 saturated heterocycles. The monoisotopic (exact) mass is 2000 g/mol. The molecule has 37 heteroatoms. The zero-order valence-corrected chi connectivity index (χ0v) is 77.1. The Morgan fingerprint density at radius 3 is 0.946 bits per heavy atom. The zero-order valence-electron chi connectivity index (χ0n) is 77.1. The summed E-state index contributed by atoms with van der Waals surface area (Å²) in [6.45, 7) is 8.88. The van der Waals surface area contributed by atoms with E-state index in [1.54, 1.807) is 151 Å². The highest BCUT2D eigenvalue weighted by molar-refractivity contribution is 6.09. The number of carbonyl (C=O) groups is 4. The minimum atomic E-state index is -4.87. The number of aromatic nitrogens is 12. The standard InChI is InChI=1S/C29H17F5N4O.C27H17F5N4O2.C27H17F5N4O.C27H21FN4O/c1-3-17-9-10-19(13-23(17)29(32,33)34)37-28(39)22-12-18(14-35-16(22)2)20-7-5-11-38-25(20)15-36-27(38)21-6-4-8-24(30)26(21)31;1-15-21(26(37)35-17-7-9-18(10-8-17)38-27(30,31)32)12-16(13-33-15)19-5-3-11-36-23(19)14-34-25(36)20-4-2-6-22(28)24(20)29;1-15-7-9-17(10-8-15)35-26(37)20-12-16(13-33-24(20)27(30,31)32)18-5-3-11-36-22(18)14-34-25(36)19-4-2-6-21(28)23(19)29;1-17-9-11-20(12-10-17)31-27(33)23-14-19(15-29-18(23)2)21-7-5-13-32-25(21)16-30-26(32)22-6-3-4-8-24(22)28/h1,4-15H,2H3,(H,37,39);2-14H,1H3,(H,35,37);2-14H,1H3,(H,35,37);3-16H,1-2H3,(H,31,33). The maximum Gasteiger partial charge on any atom is 0.573 e. The van der Waals surface area contributed by atoms with Gasteiger partial charge in [-0.05, 0) is 198 Å². The quantitative estimate of drug-likeness (QED) is 0.0490. The molecule has 12 aromatic heterocycles. The van der Waals surface area contributed by atoms with Crippen LogP contribution in [0.1, 0.15) is 86.5 Å². The molecule has 147 heavy (non-hydrogen) atoms. The van der Waals surface area contributed by atoms with E-state index in [4.69, 9.17) is 6.42 Å². The summed E-state index contributed by atoms with van der Waals surface area (Å²) in [5.74, 6) is -6.31. The molecule has 0 saturated carbocycles. The van der Waals surface area contributed by atoms with Crippen LogP contribution in [0.15, 0.2) is 317 Å². The lowest BCUT2D eigenvalue weighted by molar-refractivity contribution is -0.274. The third-order valence-electron chi connectivity index (χ3n) is 23.3. The van der Waals surface area contributed by atoms with Crippen molar-refractivity contribution in [3.63, 3.8) is 0 Å². The van der Waals surface area contributed by atoms with E-state index >= 15 is 0 Å². The molecule has 0 bridgehead atoms.